The quantitative estimate of drug-likeness (QED) is 0.366. The van der Waals surface area contributed by atoms with Crippen LogP contribution in [0.15, 0.2) is 12.1 Å². The van der Waals surface area contributed by atoms with E-state index in [1.54, 1.807) is 0 Å². The summed E-state index contributed by atoms with van der Waals surface area (Å²) in [5.41, 5.74) is -0.441. The van der Waals surface area contributed by atoms with Crippen molar-refractivity contribution in [2.45, 2.75) is 0 Å². The minimum Gasteiger partial charge on any atom is -0.293 e. The Morgan fingerprint density at radius 3 is 2.47 bits per heavy atom. The molecule has 7 heteroatoms. The summed E-state index contributed by atoms with van der Waals surface area (Å²) in [5, 5.41) is 10.4. The lowest BCUT2D eigenvalue weighted by Gasteiger charge is -2.02. The number of hydrogen-bond donors (Lipinski definition) is 0. The maximum atomic E-state index is 11.3. The topological polar surface area (TPSA) is 60.2 Å². The van der Waals surface area contributed by atoms with Gasteiger partial charge in [-0.05, 0) is 6.07 Å². The van der Waals surface area contributed by atoms with Crippen LogP contribution >= 0.6 is 34.8 Å². The van der Waals surface area contributed by atoms with Gasteiger partial charge >= 0.3 is 0 Å². The molecule has 0 atom stereocenters. The maximum absolute atomic E-state index is 11.3. The third kappa shape index (κ3) is 2.59. The van der Waals surface area contributed by atoms with Crippen LogP contribution in [0.4, 0.5) is 5.69 Å². The van der Waals surface area contributed by atoms with Crippen LogP contribution in [0, 0.1) is 10.1 Å². The van der Waals surface area contributed by atoms with Gasteiger partial charge in [0.25, 0.3) is 5.69 Å². The first-order valence-electron chi connectivity index (χ1n) is 3.70. The zero-order chi connectivity index (χ0) is 11.6. The number of nitrogens with zero attached hydrogens (tertiary/aromatic N) is 1. The van der Waals surface area contributed by atoms with Crippen LogP contribution in [-0.4, -0.2) is 16.6 Å². The Bertz CT molecular complexity index is 433. The van der Waals surface area contributed by atoms with Crippen LogP contribution in [0.3, 0.4) is 0 Å². The zero-order valence-electron chi connectivity index (χ0n) is 7.17. The zero-order valence-corrected chi connectivity index (χ0v) is 9.44. The highest BCUT2D eigenvalue weighted by molar-refractivity contribution is 6.40. The van der Waals surface area contributed by atoms with E-state index in [0.717, 1.165) is 6.07 Å². The Labute approximate surface area is 99.9 Å². The van der Waals surface area contributed by atoms with Gasteiger partial charge in [-0.15, -0.1) is 11.6 Å². The fraction of sp³-hybridized carbons (Fsp3) is 0.125. The number of nitro benzene ring substituents is 1. The summed E-state index contributed by atoms with van der Waals surface area (Å²) in [6, 6.07) is 2.33. The van der Waals surface area contributed by atoms with Crippen LogP contribution in [-0.2, 0) is 0 Å². The molecular formula is C8H4Cl3NO3. The second-order valence-electron chi connectivity index (χ2n) is 2.60. The van der Waals surface area contributed by atoms with Gasteiger partial charge < -0.3 is 0 Å². The number of carbonyl (C=O) groups excluding carboxylic acids is 1. The third-order valence-corrected chi connectivity index (χ3v) is 2.49. The Kier molecular flexibility index (Phi) is 3.90. The molecular weight excluding hydrogens is 264 g/mol. The van der Waals surface area contributed by atoms with E-state index < -0.39 is 16.4 Å². The SMILES string of the molecule is O=C(CCl)c1cc(Cl)cc([N+](=O)[O-])c1Cl. The molecule has 0 heterocycles. The standard InChI is InChI=1S/C8H4Cl3NO3/c9-3-7(13)5-1-4(10)2-6(8(5)11)12(14)15/h1-2H,3H2. The van der Waals surface area contributed by atoms with Crippen molar-refractivity contribution >= 4 is 46.3 Å². The van der Waals surface area contributed by atoms with Gasteiger partial charge in [-0.1, -0.05) is 23.2 Å². The predicted molar refractivity (Wildman–Crippen MR) is 58.2 cm³/mol. The smallest absolute Gasteiger partial charge is 0.290 e. The molecule has 1 aromatic carbocycles. The number of hydrogen-bond acceptors (Lipinski definition) is 3. The molecule has 0 N–H and O–H groups in total. The van der Waals surface area contributed by atoms with Crippen LogP contribution in [0.5, 0.6) is 0 Å². The van der Waals surface area contributed by atoms with Crippen molar-refractivity contribution in [3.63, 3.8) is 0 Å². The number of ketones is 1. The van der Waals surface area contributed by atoms with E-state index in [4.69, 9.17) is 34.8 Å². The van der Waals surface area contributed by atoms with Crippen LogP contribution < -0.4 is 0 Å². The van der Waals surface area contributed by atoms with Crippen molar-refractivity contribution < 1.29 is 9.72 Å². The molecule has 1 aromatic rings. The Morgan fingerprint density at radius 1 is 1.40 bits per heavy atom. The molecule has 0 unspecified atom stereocenters. The molecule has 0 aromatic heterocycles. The molecule has 0 bridgehead atoms. The highest BCUT2D eigenvalue weighted by atomic mass is 35.5. The lowest BCUT2D eigenvalue weighted by atomic mass is 10.1. The van der Waals surface area contributed by atoms with Gasteiger partial charge in [0, 0.05) is 16.7 Å². The van der Waals surface area contributed by atoms with E-state index in [2.05, 4.69) is 0 Å². The van der Waals surface area contributed by atoms with E-state index in [9.17, 15) is 14.9 Å². The van der Waals surface area contributed by atoms with Crippen molar-refractivity contribution in [3.8, 4) is 0 Å². The van der Waals surface area contributed by atoms with Crippen LogP contribution in [0.25, 0.3) is 0 Å². The molecule has 0 spiro atoms. The van der Waals surface area contributed by atoms with Gasteiger partial charge in [0.2, 0.25) is 0 Å². The van der Waals surface area contributed by atoms with Gasteiger partial charge in [-0.3, -0.25) is 14.9 Å². The van der Waals surface area contributed by atoms with Gasteiger partial charge in [0.05, 0.1) is 10.8 Å². The first kappa shape index (κ1) is 12.2. The first-order valence-corrected chi connectivity index (χ1v) is 4.99. The molecule has 15 heavy (non-hydrogen) atoms. The Hall–Kier alpha value is -0.840. The van der Waals surface area contributed by atoms with Crippen molar-refractivity contribution in [3.05, 3.63) is 37.9 Å². The molecule has 80 valence electrons. The molecule has 0 fully saturated rings. The van der Waals surface area contributed by atoms with Gasteiger partial charge in [0.15, 0.2) is 5.78 Å². The second kappa shape index (κ2) is 4.79. The fourth-order valence-electron chi connectivity index (χ4n) is 0.983. The number of nitro groups is 1. The molecule has 0 aliphatic heterocycles. The fourth-order valence-corrected chi connectivity index (χ4v) is 1.62. The summed E-state index contributed by atoms with van der Waals surface area (Å²) in [4.78, 5) is 21.1. The number of halogens is 3. The van der Waals surface area contributed by atoms with Crippen molar-refractivity contribution in [2.75, 3.05) is 5.88 Å². The molecule has 4 nitrogen and oxygen atoms in total. The summed E-state index contributed by atoms with van der Waals surface area (Å²) in [6.45, 7) is 0. The number of rotatable bonds is 3. The summed E-state index contributed by atoms with van der Waals surface area (Å²) < 4.78 is 0. The number of alkyl halides is 1. The van der Waals surface area contributed by atoms with Crippen molar-refractivity contribution in [1.82, 2.24) is 0 Å². The first-order chi connectivity index (χ1) is 6.97. The maximum Gasteiger partial charge on any atom is 0.290 e. The average molecular weight is 268 g/mol. The Morgan fingerprint density at radius 2 is 2.00 bits per heavy atom. The molecule has 0 saturated carbocycles. The minimum atomic E-state index is -0.709. The number of benzene rings is 1. The molecule has 0 aliphatic carbocycles. The van der Waals surface area contributed by atoms with E-state index >= 15 is 0 Å². The van der Waals surface area contributed by atoms with Gasteiger partial charge in [-0.2, -0.15) is 0 Å². The summed E-state index contributed by atoms with van der Waals surface area (Å²) in [7, 11) is 0. The third-order valence-electron chi connectivity index (χ3n) is 1.64. The molecule has 0 aliphatic rings. The summed E-state index contributed by atoms with van der Waals surface area (Å²) >= 11 is 16.6. The monoisotopic (exact) mass is 267 g/mol. The van der Waals surface area contributed by atoms with Gasteiger partial charge in [0.1, 0.15) is 5.02 Å². The van der Waals surface area contributed by atoms with E-state index in [0.29, 0.717) is 0 Å². The number of carbonyl (C=O) groups is 1. The Balaban J connectivity index is 3.41. The molecule has 0 radical (unpaired) electrons. The predicted octanol–water partition coefficient (Wildman–Crippen LogP) is 3.32. The van der Waals surface area contributed by atoms with E-state index in [-0.39, 0.29) is 21.5 Å². The van der Waals surface area contributed by atoms with Crippen molar-refractivity contribution in [1.29, 1.82) is 0 Å². The highest BCUT2D eigenvalue weighted by Crippen LogP contribution is 2.32. The number of Topliss-reactive ketones (excluding diaryl/α,β-unsaturated/α-hetero) is 1. The average Bonchev–Trinajstić information content (AvgIpc) is 2.19. The highest BCUT2D eigenvalue weighted by Gasteiger charge is 2.21. The summed E-state index contributed by atoms with van der Waals surface area (Å²) in [5.74, 6) is -0.815. The van der Waals surface area contributed by atoms with Gasteiger partial charge in [-0.25, -0.2) is 0 Å². The lowest BCUT2D eigenvalue weighted by Crippen LogP contribution is -2.03. The van der Waals surface area contributed by atoms with E-state index in [1.165, 1.54) is 6.07 Å². The van der Waals surface area contributed by atoms with Crippen molar-refractivity contribution in [2.24, 2.45) is 0 Å². The second-order valence-corrected chi connectivity index (χ2v) is 3.68. The van der Waals surface area contributed by atoms with Crippen LogP contribution in [0.2, 0.25) is 10.0 Å². The van der Waals surface area contributed by atoms with E-state index in [1.807, 2.05) is 0 Å². The molecule has 0 amide bonds. The largest absolute Gasteiger partial charge is 0.293 e. The lowest BCUT2D eigenvalue weighted by molar-refractivity contribution is -0.384. The molecule has 0 saturated heterocycles. The molecule has 1 rings (SSSR count). The summed E-state index contributed by atoms with van der Waals surface area (Å²) in [6.07, 6.45) is 0. The minimum absolute atomic E-state index is 0.0362. The normalized spacial score (nSPS) is 10.1. The van der Waals surface area contributed by atoms with Crippen LogP contribution in [0.1, 0.15) is 10.4 Å².